The van der Waals surface area contributed by atoms with E-state index in [1.54, 1.807) is 48.1 Å². The van der Waals surface area contributed by atoms with Crippen molar-refractivity contribution >= 4 is 31.6 Å². The molecule has 0 radical (unpaired) electrons. The van der Waals surface area contributed by atoms with Crippen LogP contribution in [0.5, 0.6) is 0 Å². The molecule has 0 saturated carbocycles. The molecular weight excluding hydrogens is 330 g/mol. The molecule has 0 aliphatic heterocycles. The monoisotopic (exact) mass is 343 g/mol. The number of sulfonamides is 1. The molecule has 0 aliphatic carbocycles. The lowest BCUT2D eigenvalue weighted by Gasteiger charge is -2.06. The molecular formula is C12H14BrN3O2S. The smallest absolute Gasteiger partial charge is 0.263 e. The Morgan fingerprint density at radius 1 is 1.32 bits per heavy atom. The van der Waals surface area contributed by atoms with Gasteiger partial charge in [0.15, 0.2) is 0 Å². The van der Waals surface area contributed by atoms with Gasteiger partial charge in [0.2, 0.25) is 0 Å². The molecule has 19 heavy (non-hydrogen) atoms. The number of aromatic nitrogens is 1. The molecule has 7 heteroatoms. The van der Waals surface area contributed by atoms with Crippen LogP contribution in [-0.2, 0) is 23.6 Å². The maximum absolute atomic E-state index is 12.2. The summed E-state index contributed by atoms with van der Waals surface area (Å²) >= 11 is 3.30. The van der Waals surface area contributed by atoms with E-state index in [-0.39, 0.29) is 4.90 Å². The van der Waals surface area contributed by atoms with Crippen LogP contribution in [0, 0.1) is 0 Å². The molecule has 3 N–H and O–H groups in total. The number of benzene rings is 1. The van der Waals surface area contributed by atoms with Gasteiger partial charge in [0.25, 0.3) is 10.0 Å². The van der Waals surface area contributed by atoms with Gasteiger partial charge in [-0.05, 0) is 30.3 Å². The van der Waals surface area contributed by atoms with Crippen LogP contribution in [-0.4, -0.2) is 13.0 Å². The van der Waals surface area contributed by atoms with E-state index in [0.717, 1.165) is 10.2 Å². The molecule has 0 bridgehead atoms. The van der Waals surface area contributed by atoms with Gasteiger partial charge in [-0.1, -0.05) is 15.9 Å². The van der Waals surface area contributed by atoms with Gasteiger partial charge in [0.1, 0.15) is 4.90 Å². The summed E-state index contributed by atoms with van der Waals surface area (Å²) in [6.45, 7) is 0.296. The van der Waals surface area contributed by atoms with Crippen molar-refractivity contribution in [2.75, 3.05) is 4.72 Å². The van der Waals surface area contributed by atoms with Gasteiger partial charge in [-0.25, -0.2) is 8.42 Å². The summed E-state index contributed by atoms with van der Waals surface area (Å²) in [5.74, 6) is 0. The Kier molecular flexibility index (Phi) is 3.98. The predicted octanol–water partition coefficient (Wildman–Crippen LogP) is 2.05. The van der Waals surface area contributed by atoms with E-state index in [1.807, 2.05) is 0 Å². The third-order valence-corrected chi connectivity index (χ3v) is 4.58. The van der Waals surface area contributed by atoms with Crippen molar-refractivity contribution in [2.24, 2.45) is 12.8 Å². The third-order valence-electron chi connectivity index (χ3n) is 2.70. The molecule has 0 amide bonds. The molecule has 2 rings (SSSR count). The van der Waals surface area contributed by atoms with Crippen molar-refractivity contribution < 1.29 is 8.42 Å². The van der Waals surface area contributed by atoms with Crippen molar-refractivity contribution in [3.8, 4) is 0 Å². The highest BCUT2D eigenvalue weighted by Gasteiger charge is 2.17. The van der Waals surface area contributed by atoms with Gasteiger partial charge >= 0.3 is 0 Å². The lowest BCUT2D eigenvalue weighted by Crippen LogP contribution is -2.12. The van der Waals surface area contributed by atoms with Crippen molar-refractivity contribution in [3.63, 3.8) is 0 Å². The summed E-state index contributed by atoms with van der Waals surface area (Å²) in [4.78, 5) is 0.207. The van der Waals surface area contributed by atoms with Crippen molar-refractivity contribution in [3.05, 3.63) is 46.7 Å². The average Bonchev–Trinajstić information content (AvgIpc) is 2.74. The number of nitrogens with two attached hydrogens (primary N) is 1. The van der Waals surface area contributed by atoms with E-state index in [1.165, 1.54) is 0 Å². The molecule has 0 fully saturated rings. The first-order chi connectivity index (χ1) is 8.92. The zero-order valence-corrected chi connectivity index (χ0v) is 12.7. The summed E-state index contributed by atoms with van der Waals surface area (Å²) in [5.41, 5.74) is 6.81. The molecule has 0 spiro atoms. The second-order valence-corrected chi connectivity index (χ2v) is 6.69. The standard InChI is InChI=1S/C12H14BrN3O2S/c1-16-8-12(6-11(16)7-14)19(17,18)15-10-4-2-9(13)3-5-10/h2-6,8,15H,7,14H2,1H3. The Hall–Kier alpha value is -1.31. The highest BCUT2D eigenvalue weighted by molar-refractivity contribution is 9.10. The van der Waals surface area contributed by atoms with Crippen LogP contribution < -0.4 is 10.5 Å². The Bertz CT molecular complexity index is 678. The van der Waals surface area contributed by atoms with E-state index in [9.17, 15) is 8.42 Å². The minimum absolute atomic E-state index is 0.207. The first kappa shape index (κ1) is 14.1. The first-order valence-electron chi connectivity index (χ1n) is 5.56. The van der Waals surface area contributed by atoms with Crippen LogP contribution in [0.4, 0.5) is 5.69 Å². The van der Waals surface area contributed by atoms with Crippen LogP contribution in [0.25, 0.3) is 0 Å². The second kappa shape index (κ2) is 5.36. The third kappa shape index (κ3) is 3.17. The first-order valence-corrected chi connectivity index (χ1v) is 7.83. The maximum atomic E-state index is 12.2. The van der Waals surface area contributed by atoms with Gasteiger partial charge in [-0.2, -0.15) is 0 Å². The zero-order chi connectivity index (χ0) is 14.0. The van der Waals surface area contributed by atoms with Crippen molar-refractivity contribution in [1.82, 2.24) is 4.57 Å². The molecule has 2 aromatic rings. The van der Waals surface area contributed by atoms with E-state index >= 15 is 0 Å². The summed E-state index contributed by atoms with van der Waals surface area (Å²) in [6.07, 6.45) is 1.55. The highest BCUT2D eigenvalue weighted by Crippen LogP contribution is 2.19. The van der Waals surface area contributed by atoms with Crippen LogP contribution in [0.2, 0.25) is 0 Å². The van der Waals surface area contributed by atoms with Crippen LogP contribution in [0.15, 0.2) is 45.9 Å². The normalized spacial score (nSPS) is 11.5. The minimum Gasteiger partial charge on any atom is -0.352 e. The molecule has 102 valence electrons. The molecule has 0 saturated heterocycles. The summed E-state index contributed by atoms with van der Waals surface area (Å²) in [6, 6.07) is 8.49. The van der Waals surface area contributed by atoms with E-state index < -0.39 is 10.0 Å². The molecule has 1 aromatic carbocycles. The number of aryl methyl sites for hydroxylation is 1. The fourth-order valence-corrected chi connectivity index (χ4v) is 3.08. The molecule has 5 nitrogen and oxygen atoms in total. The summed E-state index contributed by atoms with van der Waals surface area (Å²) < 4.78 is 29.5. The minimum atomic E-state index is -3.58. The number of halogens is 1. The van der Waals surface area contributed by atoms with Gasteiger partial charge < -0.3 is 10.3 Å². The molecule has 0 atom stereocenters. The Morgan fingerprint density at radius 2 is 1.95 bits per heavy atom. The van der Waals surface area contributed by atoms with Gasteiger partial charge in [0.05, 0.1) is 0 Å². The molecule has 1 aromatic heterocycles. The number of hydrogen-bond donors (Lipinski definition) is 2. The number of anilines is 1. The lowest BCUT2D eigenvalue weighted by molar-refractivity contribution is 0.601. The van der Waals surface area contributed by atoms with Crippen LogP contribution in [0.3, 0.4) is 0 Å². The van der Waals surface area contributed by atoms with Gasteiger partial charge in [-0.3, -0.25) is 4.72 Å². The zero-order valence-electron chi connectivity index (χ0n) is 10.3. The van der Waals surface area contributed by atoms with Crippen LogP contribution in [0.1, 0.15) is 5.69 Å². The summed E-state index contributed by atoms with van der Waals surface area (Å²) in [7, 11) is -1.81. The predicted molar refractivity (Wildman–Crippen MR) is 78.3 cm³/mol. The number of rotatable bonds is 4. The topological polar surface area (TPSA) is 77.1 Å². The quantitative estimate of drug-likeness (QED) is 0.891. The SMILES string of the molecule is Cn1cc(S(=O)(=O)Nc2ccc(Br)cc2)cc1CN. The fourth-order valence-electron chi connectivity index (χ4n) is 1.66. The lowest BCUT2D eigenvalue weighted by atomic mass is 10.3. The molecule has 0 unspecified atom stereocenters. The van der Waals surface area contributed by atoms with E-state index in [4.69, 9.17) is 5.73 Å². The molecule has 1 heterocycles. The largest absolute Gasteiger partial charge is 0.352 e. The number of nitrogens with zero attached hydrogens (tertiary/aromatic N) is 1. The highest BCUT2D eigenvalue weighted by atomic mass is 79.9. The number of nitrogens with one attached hydrogen (secondary N) is 1. The summed E-state index contributed by atoms with van der Waals surface area (Å²) in [5, 5.41) is 0. The van der Waals surface area contributed by atoms with E-state index in [2.05, 4.69) is 20.7 Å². The molecule has 0 aliphatic rings. The fraction of sp³-hybridized carbons (Fsp3) is 0.167. The van der Waals surface area contributed by atoms with Gasteiger partial charge in [-0.15, -0.1) is 0 Å². The van der Waals surface area contributed by atoms with Gasteiger partial charge in [0, 0.05) is 35.6 Å². The van der Waals surface area contributed by atoms with Crippen LogP contribution >= 0.6 is 15.9 Å². The maximum Gasteiger partial charge on any atom is 0.263 e. The average molecular weight is 344 g/mol. The van der Waals surface area contributed by atoms with Crippen molar-refractivity contribution in [1.29, 1.82) is 0 Å². The second-order valence-electron chi connectivity index (χ2n) is 4.09. The Morgan fingerprint density at radius 3 is 2.47 bits per heavy atom. The Balaban J connectivity index is 2.29. The van der Waals surface area contributed by atoms with Crippen molar-refractivity contribution in [2.45, 2.75) is 11.4 Å². The van der Waals surface area contributed by atoms with E-state index in [0.29, 0.717) is 12.2 Å². The number of hydrogen-bond acceptors (Lipinski definition) is 3. The Labute approximate surface area is 120 Å².